The van der Waals surface area contributed by atoms with Crippen molar-refractivity contribution in [2.45, 2.75) is 77.7 Å². The Bertz CT molecular complexity index is 202. The van der Waals surface area contributed by atoms with Gasteiger partial charge in [-0.05, 0) is 26.8 Å². The average molecular weight is 243 g/mol. The fraction of sp³-hybridized carbons (Fsp3) is 0.929. The van der Waals surface area contributed by atoms with Crippen molar-refractivity contribution in [3.8, 4) is 0 Å². The van der Waals surface area contributed by atoms with E-state index in [1.807, 2.05) is 0 Å². The van der Waals surface area contributed by atoms with Gasteiger partial charge in [-0.3, -0.25) is 4.79 Å². The van der Waals surface area contributed by atoms with Crippen LogP contribution in [-0.2, 0) is 4.79 Å². The summed E-state index contributed by atoms with van der Waals surface area (Å²) in [6, 6.07) is 0. The second kappa shape index (κ2) is 9.46. The molecule has 3 nitrogen and oxygen atoms in total. The maximum Gasteiger partial charge on any atom is 0.323 e. The highest BCUT2D eigenvalue weighted by Crippen LogP contribution is 2.08. The molecule has 0 saturated carbocycles. The highest BCUT2D eigenvalue weighted by molar-refractivity contribution is 5.77. The van der Waals surface area contributed by atoms with Crippen molar-refractivity contribution in [2.75, 3.05) is 6.54 Å². The Hall–Kier alpha value is -0.570. The van der Waals surface area contributed by atoms with E-state index in [4.69, 9.17) is 5.11 Å². The number of unbranched alkanes of at least 4 members (excludes halogenated alkanes) is 7. The molecular formula is C14H29NO2. The highest BCUT2D eigenvalue weighted by Gasteiger charge is 2.25. The molecule has 0 aromatic heterocycles. The number of carboxylic acids is 1. The van der Waals surface area contributed by atoms with Gasteiger partial charge in [0.1, 0.15) is 5.54 Å². The molecule has 3 heteroatoms. The summed E-state index contributed by atoms with van der Waals surface area (Å²) >= 11 is 0. The minimum atomic E-state index is -0.791. The van der Waals surface area contributed by atoms with E-state index in [9.17, 15) is 4.79 Å². The average Bonchev–Trinajstić information content (AvgIpc) is 2.26. The maximum absolute atomic E-state index is 10.8. The molecule has 0 amide bonds. The summed E-state index contributed by atoms with van der Waals surface area (Å²) < 4.78 is 0. The van der Waals surface area contributed by atoms with Crippen LogP contribution >= 0.6 is 0 Å². The van der Waals surface area contributed by atoms with Crippen molar-refractivity contribution >= 4 is 5.97 Å². The number of nitrogens with one attached hydrogen (secondary N) is 1. The maximum atomic E-state index is 10.8. The van der Waals surface area contributed by atoms with Crippen molar-refractivity contribution in [2.24, 2.45) is 0 Å². The highest BCUT2D eigenvalue weighted by atomic mass is 16.4. The van der Waals surface area contributed by atoms with Crippen LogP contribution in [0.2, 0.25) is 0 Å². The number of carboxylic acid groups (broad SMARTS) is 1. The zero-order chi connectivity index (χ0) is 13.1. The van der Waals surface area contributed by atoms with E-state index < -0.39 is 11.5 Å². The van der Waals surface area contributed by atoms with Gasteiger partial charge >= 0.3 is 5.97 Å². The van der Waals surface area contributed by atoms with Crippen molar-refractivity contribution in [1.82, 2.24) is 5.32 Å². The van der Waals surface area contributed by atoms with E-state index in [1.165, 1.54) is 44.9 Å². The first-order chi connectivity index (χ1) is 8.00. The number of carbonyl (C=O) groups is 1. The molecule has 0 aliphatic carbocycles. The largest absolute Gasteiger partial charge is 0.480 e. The molecular weight excluding hydrogens is 214 g/mol. The third-order valence-corrected chi connectivity index (χ3v) is 3.13. The Morgan fingerprint density at radius 2 is 1.47 bits per heavy atom. The number of hydrogen-bond donors (Lipinski definition) is 2. The zero-order valence-corrected chi connectivity index (χ0v) is 11.7. The lowest BCUT2D eigenvalue weighted by molar-refractivity contribution is -0.143. The molecule has 0 unspecified atom stereocenters. The summed E-state index contributed by atoms with van der Waals surface area (Å²) in [5.41, 5.74) is -0.791. The monoisotopic (exact) mass is 243 g/mol. The summed E-state index contributed by atoms with van der Waals surface area (Å²) in [5, 5.41) is 12.0. The van der Waals surface area contributed by atoms with Gasteiger partial charge in [0, 0.05) is 0 Å². The van der Waals surface area contributed by atoms with Crippen LogP contribution in [0.1, 0.15) is 72.1 Å². The summed E-state index contributed by atoms with van der Waals surface area (Å²) in [5.74, 6) is -0.780. The first-order valence-electron chi connectivity index (χ1n) is 6.99. The van der Waals surface area contributed by atoms with Gasteiger partial charge in [0.15, 0.2) is 0 Å². The topological polar surface area (TPSA) is 49.3 Å². The van der Waals surface area contributed by atoms with Crippen molar-refractivity contribution < 1.29 is 9.90 Å². The molecule has 0 aromatic rings. The quantitative estimate of drug-likeness (QED) is 0.545. The Balaban J connectivity index is 3.27. The Labute approximate surface area is 106 Å². The van der Waals surface area contributed by atoms with Crippen LogP contribution in [0.4, 0.5) is 0 Å². The molecule has 102 valence electrons. The van der Waals surface area contributed by atoms with Gasteiger partial charge in [-0.15, -0.1) is 0 Å². The first kappa shape index (κ1) is 16.4. The first-order valence-corrected chi connectivity index (χ1v) is 6.99. The molecule has 0 rings (SSSR count). The van der Waals surface area contributed by atoms with E-state index in [0.717, 1.165) is 13.0 Å². The Morgan fingerprint density at radius 3 is 1.94 bits per heavy atom. The lowest BCUT2D eigenvalue weighted by Gasteiger charge is -2.20. The van der Waals surface area contributed by atoms with E-state index in [1.54, 1.807) is 13.8 Å². The molecule has 0 heterocycles. The van der Waals surface area contributed by atoms with Crippen LogP contribution in [0.3, 0.4) is 0 Å². The molecule has 0 bridgehead atoms. The van der Waals surface area contributed by atoms with Gasteiger partial charge in [-0.1, -0.05) is 51.9 Å². The molecule has 0 spiro atoms. The van der Waals surface area contributed by atoms with Gasteiger partial charge in [-0.2, -0.15) is 0 Å². The van der Waals surface area contributed by atoms with Gasteiger partial charge < -0.3 is 10.4 Å². The smallest absolute Gasteiger partial charge is 0.323 e. The molecule has 0 aromatic carbocycles. The minimum absolute atomic E-state index is 0.780. The van der Waals surface area contributed by atoms with E-state index >= 15 is 0 Å². The van der Waals surface area contributed by atoms with Crippen LogP contribution in [0.5, 0.6) is 0 Å². The van der Waals surface area contributed by atoms with Gasteiger partial charge in [0.2, 0.25) is 0 Å². The molecule has 0 aliphatic rings. The van der Waals surface area contributed by atoms with Crippen molar-refractivity contribution in [3.63, 3.8) is 0 Å². The third-order valence-electron chi connectivity index (χ3n) is 3.13. The number of rotatable bonds is 11. The third kappa shape index (κ3) is 9.16. The predicted molar refractivity (Wildman–Crippen MR) is 72.3 cm³/mol. The van der Waals surface area contributed by atoms with E-state index in [2.05, 4.69) is 12.2 Å². The van der Waals surface area contributed by atoms with Crippen LogP contribution in [0.15, 0.2) is 0 Å². The Morgan fingerprint density at radius 1 is 1.00 bits per heavy atom. The van der Waals surface area contributed by atoms with Crippen LogP contribution in [0.25, 0.3) is 0 Å². The summed E-state index contributed by atoms with van der Waals surface area (Å²) in [7, 11) is 0. The van der Waals surface area contributed by atoms with Crippen LogP contribution < -0.4 is 5.32 Å². The van der Waals surface area contributed by atoms with E-state index in [-0.39, 0.29) is 0 Å². The van der Waals surface area contributed by atoms with Gasteiger partial charge in [-0.25, -0.2) is 0 Å². The molecule has 17 heavy (non-hydrogen) atoms. The molecule has 0 fully saturated rings. The fourth-order valence-corrected chi connectivity index (χ4v) is 1.74. The van der Waals surface area contributed by atoms with Gasteiger partial charge in [0.25, 0.3) is 0 Å². The van der Waals surface area contributed by atoms with Crippen LogP contribution in [0, 0.1) is 0 Å². The lowest BCUT2D eigenvalue weighted by atomic mass is 10.1. The summed E-state index contributed by atoms with van der Waals surface area (Å²) in [6.45, 7) is 6.45. The molecule has 0 saturated heterocycles. The van der Waals surface area contributed by atoms with Crippen molar-refractivity contribution in [3.05, 3.63) is 0 Å². The molecule has 0 aliphatic heterocycles. The summed E-state index contributed by atoms with van der Waals surface area (Å²) in [6.07, 6.45) is 10.2. The fourth-order valence-electron chi connectivity index (χ4n) is 1.74. The SMILES string of the molecule is CCCCCCCCCCNC(C)(C)C(=O)O. The number of aliphatic carboxylic acids is 1. The predicted octanol–water partition coefficient (Wildman–Crippen LogP) is 3.58. The molecule has 0 radical (unpaired) electrons. The summed E-state index contributed by atoms with van der Waals surface area (Å²) in [4.78, 5) is 10.8. The second-order valence-electron chi connectivity index (χ2n) is 5.33. The standard InChI is InChI=1S/C14H29NO2/c1-4-5-6-7-8-9-10-11-12-15-14(2,3)13(16)17/h15H,4-12H2,1-3H3,(H,16,17). The van der Waals surface area contributed by atoms with Crippen LogP contribution in [-0.4, -0.2) is 23.2 Å². The number of hydrogen-bond acceptors (Lipinski definition) is 2. The second-order valence-corrected chi connectivity index (χ2v) is 5.33. The molecule has 2 N–H and O–H groups in total. The van der Waals surface area contributed by atoms with Gasteiger partial charge in [0.05, 0.1) is 0 Å². The molecule has 0 atom stereocenters. The normalized spacial score (nSPS) is 11.7. The zero-order valence-electron chi connectivity index (χ0n) is 11.7. The van der Waals surface area contributed by atoms with Crippen molar-refractivity contribution in [1.29, 1.82) is 0 Å². The Kier molecular flexibility index (Phi) is 9.14. The minimum Gasteiger partial charge on any atom is -0.480 e. The van der Waals surface area contributed by atoms with E-state index in [0.29, 0.717) is 0 Å². The lowest BCUT2D eigenvalue weighted by Crippen LogP contribution is -2.46.